The van der Waals surface area contributed by atoms with Crippen molar-refractivity contribution in [3.8, 4) is 11.8 Å². The van der Waals surface area contributed by atoms with Gasteiger partial charge >= 0.3 is 0 Å². The third kappa shape index (κ3) is 2.99. The third-order valence-corrected chi connectivity index (χ3v) is 3.35. The maximum Gasteiger partial charge on any atom is 0.263 e. The van der Waals surface area contributed by atoms with Crippen molar-refractivity contribution in [1.29, 1.82) is 5.26 Å². The number of carbonyl (C=O) groups is 1. The number of hydrogen-bond donors (Lipinski definition) is 0. The Morgan fingerprint density at radius 2 is 2.42 bits per heavy atom. The molecule has 0 fully saturated rings. The summed E-state index contributed by atoms with van der Waals surface area (Å²) in [5.74, 6) is 0.422. The number of hydrogen-bond acceptors (Lipinski definition) is 3. The molecule has 1 heterocycles. The van der Waals surface area contributed by atoms with Gasteiger partial charge in [0.05, 0.1) is 12.0 Å². The number of nitrogens with zero attached hydrogens (tertiary/aromatic N) is 2. The van der Waals surface area contributed by atoms with Gasteiger partial charge in [-0.1, -0.05) is 11.6 Å². The average Bonchev–Trinajstić information content (AvgIpc) is 2.80. The Bertz CT molecular complexity index is 539. The summed E-state index contributed by atoms with van der Waals surface area (Å²) in [5.41, 5.74) is 0.951. The van der Waals surface area contributed by atoms with Crippen molar-refractivity contribution in [3.63, 3.8) is 0 Å². The molecule has 2 rings (SSSR count). The largest absolute Gasteiger partial charge is 0.480 e. The van der Waals surface area contributed by atoms with Crippen molar-refractivity contribution < 1.29 is 9.53 Å². The van der Waals surface area contributed by atoms with Crippen LogP contribution in [0.5, 0.6) is 5.75 Å². The van der Waals surface area contributed by atoms with E-state index < -0.39 is 6.10 Å². The zero-order valence-electron chi connectivity index (χ0n) is 10.9. The zero-order chi connectivity index (χ0) is 14.0. The van der Waals surface area contributed by atoms with Gasteiger partial charge in [0.15, 0.2) is 6.10 Å². The molecule has 0 aliphatic carbocycles. The zero-order valence-corrected chi connectivity index (χ0v) is 11.6. The van der Waals surface area contributed by atoms with E-state index in [4.69, 9.17) is 21.6 Å². The number of benzene rings is 1. The molecule has 0 saturated heterocycles. The monoisotopic (exact) mass is 278 g/mol. The number of ether oxygens (including phenoxy) is 1. The second kappa shape index (κ2) is 5.50. The molecule has 1 aromatic carbocycles. The third-order valence-electron chi connectivity index (χ3n) is 3.12. The van der Waals surface area contributed by atoms with Crippen molar-refractivity contribution in [2.45, 2.75) is 19.4 Å². The lowest BCUT2D eigenvalue weighted by atomic mass is 10.1. The highest BCUT2D eigenvalue weighted by molar-refractivity contribution is 6.30. The predicted octanol–water partition coefficient (Wildman–Crippen LogP) is 2.26. The Kier molecular flexibility index (Phi) is 3.96. The summed E-state index contributed by atoms with van der Waals surface area (Å²) in [6, 6.07) is 7.46. The van der Waals surface area contributed by atoms with Crippen LogP contribution in [0.4, 0.5) is 0 Å². The highest BCUT2D eigenvalue weighted by Gasteiger charge is 2.31. The molecule has 1 aliphatic heterocycles. The molecule has 0 spiro atoms. The Balaban J connectivity index is 2.02. The van der Waals surface area contributed by atoms with Gasteiger partial charge < -0.3 is 9.64 Å². The first kappa shape index (κ1) is 13.7. The molecular weight excluding hydrogens is 264 g/mol. The smallest absolute Gasteiger partial charge is 0.263 e. The minimum absolute atomic E-state index is 0.102. The first-order chi connectivity index (χ1) is 9.01. The van der Waals surface area contributed by atoms with Crippen molar-refractivity contribution in [2.24, 2.45) is 5.92 Å². The van der Waals surface area contributed by atoms with E-state index in [0.717, 1.165) is 5.56 Å². The molecule has 0 radical (unpaired) electrons. The Morgan fingerprint density at radius 1 is 1.68 bits per heavy atom. The van der Waals surface area contributed by atoms with Gasteiger partial charge in [-0.15, -0.1) is 0 Å². The minimum atomic E-state index is -0.510. The van der Waals surface area contributed by atoms with E-state index in [1.165, 1.54) is 0 Å². The Morgan fingerprint density at radius 3 is 3.11 bits per heavy atom. The van der Waals surface area contributed by atoms with E-state index in [2.05, 4.69) is 6.07 Å². The lowest BCUT2D eigenvalue weighted by Crippen LogP contribution is -2.40. The van der Waals surface area contributed by atoms with E-state index in [9.17, 15) is 4.79 Å². The van der Waals surface area contributed by atoms with Crippen LogP contribution in [0, 0.1) is 17.2 Å². The van der Waals surface area contributed by atoms with Crippen LogP contribution in [0.15, 0.2) is 18.2 Å². The van der Waals surface area contributed by atoms with Crippen molar-refractivity contribution in [1.82, 2.24) is 4.90 Å². The van der Waals surface area contributed by atoms with Crippen LogP contribution in [0.1, 0.15) is 12.5 Å². The van der Waals surface area contributed by atoms with E-state index >= 15 is 0 Å². The average molecular weight is 279 g/mol. The molecule has 0 N–H and O–H groups in total. The highest BCUT2D eigenvalue weighted by atomic mass is 35.5. The summed E-state index contributed by atoms with van der Waals surface area (Å²) in [5, 5.41) is 9.41. The lowest BCUT2D eigenvalue weighted by Gasteiger charge is -2.21. The summed E-state index contributed by atoms with van der Waals surface area (Å²) < 4.78 is 5.63. The van der Waals surface area contributed by atoms with Gasteiger partial charge in [0.2, 0.25) is 0 Å². The van der Waals surface area contributed by atoms with Crippen molar-refractivity contribution >= 4 is 17.5 Å². The molecule has 0 bridgehead atoms. The molecule has 0 unspecified atom stereocenters. The van der Waals surface area contributed by atoms with Crippen LogP contribution in [-0.4, -0.2) is 30.5 Å². The van der Waals surface area contributed by atoms with Crippen molar-refractivity contribution in [3.05, 3.63) is 28.8 Å². The summed E-state index contributed by atoms with van der Waals surface area (Å²) in [6.07, 6.45) is 0.0179. The maximum atomic E-state index is 12.2. The maximum absolute atomic E-state index is 12.2. The SMILES string of the molecule is C[C@H](C#N)CN(C)C(=O)[C@@H]1Cc2cc(Cl)ccc2O1. The lowest BCUT2D eigenvalue weighted by molar-refractivity contribution is -0.136. The van der Waals surface area contributed by atoms with E-state index in [1.807, 2.05) is 6.07 Å². The van der Waals surface area contributed by atoms with Gasteiger partial charge in [-0.05, 0) is 30.7 Å². The fraction of sp³-hybridized carbons (Fsp3) is 0.429. The Hall–Kier alpha value is -1.73. The molecule has 0 aromatic heterocycles. The number of carbonyl (C=O) groups excluding carboxylic acids is 1. The fourth-order valence-corrected chi connectivity index (χ4v) is 2.34. The van der Waals surface area contributed by atoms with Gasteiger partial charge in [-0.3, -0.25) is 4.79 Å². The van der Waals surface area contributed by atoms with Gasteiger partial charge in [-0.25, -0.2) is 0 Å². The summed E-state index contributed by atoms with van der Waals surface area (Å²) in [7, 11) is 1.69. The topological polar surface area (TPSA) is 53.3 Å². The molecule has 5 heteroatoms. The van der Waals surface area contributed by atoms with Crippen LogP contribution in [0.3, 0.4) is 0 Å². The second-order valence-electron chi connectivity index (χ2n) is 4.81. The van der Waals surface area contributed by atoms with Crippen molar-refractivity contribution in [2.75, 3.05) is 13.6 Å². The molecule has 19 heavy (non-hydrogen) atoms. The van der Waals surface area contributed by atoms with Gasteiger partial charge in [0.25, 0.3) is 5.91 Å². The summed E-state index contributed by atoms with van der Waals surface area (Å²) >= 11 is 5.91. The number of likely N-dealkylation sites (N-methyl/N-ethyl adjacent to an activating group) is 1. The molecule has 2 atom stereocenters. The predicted molar refractivity (Wildman–Crippen MR) is 72.0 cm³/mol. The van der Waals surface area contributed by atoms with Crippen LogP contribution < -0.4 is 4.74 Å². The summed E-state index contributed by atoms with van der Waals surface area (Å²) in [4.78, 5) is 13.8. The second-order valence-corrected chi connectivity index (χ2v) is 5.25. The fourth-order valence-electron chi connectivity index (χ4n) is 2.14. The minimum Gasteiger partial charge on any atom is -0.480 e. The van der Waals surface area contributed by atoms with E-state index in [-0.39, 0.29) is 11.8 Å². The highest BCUT2D eigenvalue weighted by Crippen LogP contribution is 2.31. The van der Waals surface area contributed by atoms with Crippen LogP contribution in [-0.2, 0) is 11.2 Å². The molecule has 4 nitrogen and oxygen atoms in total. The quantitative estimate of drug-likeness (QED) is 0.852. The number of halogens is 1. The Labute approximate surface area is 117 Å². The molecular formula is C14H15ClN2O2. The van der Waals surface area contributed by atoms with Crippen LogP contribution >= 0.6 is 11.6 Å². The summed E-state index contributed by atoms with van der Waals surface area (Å²) in [6.45, 7) is 2.19. The number of rotatable bonds is 3. The molecule has 0 saturated carbocycles. The molecule has 1 amide bonds. The first-order valence-electron chi connectivity index (χ1n) is 6.11. The standard InChI is InChI=1S/C14H15ClN2O2/c1-9(7-16)8-17(2)14(18)13-6-10-5-11(15)3-4-12(10)19-13/h3-5,9,13H,6,8H2,1-2H3/t9-,13+/m1/s1. The van der Waals surface area contributed by atoms with E-state index in [1.54, 1.807) is 31.0 Å². The number of fused-ring (bicyclic) bond motifs is 1. The first-order valence-corrected chi connectivity index (χ1v) is 6.48. The van der Waals surface area contributed by atoms with Gasteiger partial charge in [0.1, 0.15) is 5.75 Å². The number of amides is 1. The molecule has 1 aromatic rings. The van der Waals surface area contributed by atoms with Gasteiger partial charge in [-0.2, -0.15) is 5.26 Å². The van der Waals surface area contributed by atoms with E-state index in [0.29, 0.717) is 23.7 Å². The van der Waals surface area contributed by atoms with Crippen LogP contribution in [0.25, 0.3) is 0 Å². The molecule has 100 valence electrons. The van der Waals surface area contributed by atoms with Crippen LogP contribution in [0.2, 0.25) is 5.02 Å². The van der Waals surface area contributed by atoms with Gasteiger partial charge in [0, 0.05) is 25.0 Å². The number of nitriles is 1. The molecule has 1 aliphatic rings. The normalized spacial score (nSPS) is 18.1.